The predicted octanol–water partition coefficient (Wildman–Crippen LogP) is 3.80. The van der Waals surface area contributed by atoms with Crippen LogP contribution in [-0.4, -0.2) is 30.3 Å². The smallest absolute Gasteiger partial charge is 0.330 e. The molecule has 0 saturated carbocycles. The highest BCUT2D eigenvalue weighted by atomic mass is 16.5. The Labute approximate surface area is 151 Å². The quantitative estimate of drug-likeness (QED) is 0.702. The van der Waals surface area contributed by atoms with Gasteiger partial charge in [-0.15, -0.1) is 0 Å². The predicted molar refractivity (Wildman–Crippen MR) is 100 cm³/mol. The fraction of sp³-hybridized carbons (Fsp3) is 0.200. The lowest BCUT2D eigenvalue weighted by molar-refractivity contribution is -0.138. The molecule has 0 unspecified atom stereocenters. The van der Waals surface area contributed by atoms with E-state index in [2.05, 4.69) is 10.3 Å². The zero-order valence-corrected chi connectivity index (χ0v) is 14.8. The molecule has 3 rings (SSSR count). The number of ether oxygens (including phenoxy) is 2. The van der Waals surface area contributed by atoms with Gasteiger partial charge in [-0.3, -0.25) is 4.98 Å². The van der Waals surface area contributed by atoms with Gasteiger partial charge in [0, 0.05) is 23.0 Å². The summed E-state index contributed by atoms with van der Waals surface area (Å²) < 4.78 is 10.5. The lowest BCUT2D eigenvalue weighted by Gasteiger charge is -2.18. The van der Waals surface area contributed by atoms with E-state index in [4.69, 9.17) is 9.47 Å². The van der Waals surface area contributed by atoms with Gasteiger partial charge in [0.2, 0.25) is 0 Å². The number of aryl methyl sites for hydroxylation is 1. The fourth-order valence-electron chi connectivity index (χ4n) is 2.91. The van der Waals surface area contributed by atoms with E-state index < -0.39 is 12.0 Å². The number of hydrogen-bond acceptors (Lipinski definition) is 5. The summed E-state index contributed by atoms with van der Waals surface area (Å²) in [4.78, 5) is 16.1. The second kappa shape index (κ2) is 7.31. The molecule has 3 aromatic rings. The lowest BCUT2D eigenvalue weighted by Crippen LogP contribution is -2.20. The standard InChI is InChI=1S/C20H20N2O4/c1-12-16-6-5-15(10-13(16)8-9-21-12)22-19(20(23)24)14-4-7-17(25-2)18(11-14)26-3/h4-11,19,22H,1-3H3,(H,23,24)/t19-/m1/s1. The summed E-state index contributed by atoms with van der Waals surface area (Å²) in [5.41, 5.74) is 2.22. The minimum Gasteiger partial charge on any atom is -0.493 e. The molecule has 2 aromatic carbocycles. The highest BCUT2D eigenvalue weighted by Crippen LogP contribution is 2.32. The summed E-state index contributed by atoms with van der Waals surface area (Å²) in [6.07, 6.45) is 1.74. The zero-order chi connectivity index (χ0) is 18.7. The number of fused-ring (bicyclic) bond motifs is 1. The van der Waals surface area contributed by atoms with E-state index in [0.29, 0.717) is 22.7 Å². The molecule has 1 aromatic heterocycles. The first kappa shape index (κ1) is 17.5. The van der Waals surface area contributed by atoms with E-state index in [1.807, 2.05) is 31.2 Å². The Morgan fingerprint density at radius 2 is 1.85 bits per heavy atom. The topological polar surface area (TPSA) is 80.7 Å². The van der Waals surface area contributed by atoms with Crippen LogP contribution in [0.4, 0.5) is 5.69 Å². The number of rotatable bonds is 6. The number of carboxylic acid groups (broad SMARTS) is 1. The maximum Gasteiger partial charge on any atom is 0.330 e. The highest BCUT2D eigenvalue weighted by molar-refractivity contribution is 5.88. The molecule has 6 heteroatoms. The van der Waals surface area contributed by atoms with Crippen molar-refractivity contribution in [3.05, 3.63) is 59.9 Å². The molecule has 0 saturated heterocycles. The maximum absolute atomic E-state index is 11.8. The van der Waals surface area contributed by atoms with Crippen LogP contribution < -0.4 is 14.8 Å². The van der Waals surface area contributed by atoms with Crippen molar-refractivity contribution in [2.75, 3.05) is 19.5 Å². The Balaban J connectivity index is 1.96. The lowest BCUT2D eigenvalue weighted by atomic mass is 10.0. The molecule has 1 atom stereocenters. The van der Waals surface area contributed by atoms with E-state index in [0.717, 1.165) is 16.5 Å². The largest absolute Gasteiger partial charge is 0.493 e. The summed E-state index contributed by atoms with van der Waals surface area (Å²) in [7, 11) is 3.06. The van der Waals surface area contributed by atoms with Crippen molar-refractivity contribution in [3.63, 3.8) is 0 Å². The van der Waals surface area contributed by atoms with Crippen LogP contribution in [-0.2, 0) is 4.79 Å². The number of hydrogen-bond donors (Lipinski definition) is 2. The van der Waals surface area contributed by atoms with Crippen molar-refractivity contribution >= 4 is 22.4 Å². The third-order valence-electron chi connectivity index (χ3n) is 4.26. The van der Waals surface area contributed by atoms with Gasteiger partial charge in [-0.1, -0.05) is 12.1 Å². The van der Waals surface area contributed by atoms with Gasteiger partial charge in [0.1, 0.15) is 0 Å². The molecule has 0 aliphatic heterocycles. The zero-order valence-electron chi connectivity index (χ0n) is 14.8. The van der Waals surface area contributed by atoms with Gasteiger partial charge in [-0.25, -0.2) is 4.79 Å². The first-order valence-corrected chi connectivity index (χ1v) is 8.10. The number of nitrogens with zero attached hydrogens (tertiary/aromatic N) is 1. The molecule has 0 aliphatic carbocycles. The molecule has 6 nitrogen and oxygen atoms in total. The van der Waals surface area contributed by atoms with Crippen LogP contribution in [0.15, 0.2) is 48.7 Å². The second-order valence-corrected chi connectivity index (χ2v) is 5.86. The monoisotopic (exact) mass is 352 g/mol. The third-order valence-corrected chi connectivity index (χ3v) is 4.26. The molecule has 2 N–H and O–H groups in total. The average Bonchev–Trinajstić information content (AvgIpc) is 2.65. The van der Waals surface area contributed by atoms with Gasteiger partial charge in [-0.05, 0) is 48.2 Å². The Bertz CT molecular complexity index is 956. The molecule has 1 heterocycles. The third kappa shape index (κ3) is 3.39. The van der Waals surface area contributed by atoms with Gasteiger partial charge in [0.05, 0.1) is 14.2 Å². The molecule has 134 valence electrons. The molecule has 26 heavy (non-hydrogen) atoms. The molecule has 0 radical (unpaired) electrons. The molecular weight excluding hydrogens is 332 g/mol. The first-order valence-electron chi connectivity index (χ1n) is 8.10. The first-order chi connectivity index (χ1) is 12.5. The van der Waals surface area contributed by atoms with E-state index in [-0.39, 0.29) is 0 Å². The van der Waals surface area contributed by atoms with Crippen LogP contribution in [0.5, 0.6) is 11.5 Å². The summed E-state index contributed by atoms with van der Waals surface area (Å²) in [6, 6.07) is 11.8. The number of nitrogens with one attached hydrogen (secondary N) is 1. The van der Waals surface area contributed by atoms with Crippen LogP contribution in [0.1, 0.15) is 17.3 Å². The molecule has 0 bridgehead atoms. The number of aromatic nitrogens is 1. The van der Waals surface area contributed by atoms with Crippen molar-refractivity contribution in [1.82, 2.24) is 4.98 Å². The van der Waals surface area contributed by atoms with E-state index in [9.17, 15) is 9.90 Å². The number of pyridine rings is 1. The van der Waals surface area contributed by atoms with Gasteiger partial charge in [0.15, 0.2) is 17.5 Å². The molecule has 0 spiro atoms. The molecule has 0 amide bonds. The van der Waals surface area contributed by atoms with Crippen molar-refractivity contribution in [3.8, 4) is 11.5 Å². The molecule has 0 aliphatic rings. The summed E-state index contributed by atoms with van der Waals surface area (Å²) in [5.74, 6) is 0.0514. The van der Waals surface area contributed by atoms with Gasteiger partial charge < -0.3 is 19.9 Å². The highest BCUT2D eigenvalue weighted by Gasteiger charge is 2.21. The Morgan fingerprint density at radius 3 is 2.54 bits per heavy atom. The van der Waals surface area contributed by atoms with E-state index in [1.165, 1.54) is 14.2 Å². The van der Waals surface area contributed by atoms with Crippen molar-refractivity contribution < 1.29 is 19.4 Å². The van der Waals surface area contributed by atoms with Gasteiger partial charge >= 0.3 is 5.97 Å². The van der Waals surface area contributed by atoms with Crippen molar-refractivity contribution in [1.29, 1.82) is 0 Å². The minimum absolute atomic E-state index is 0.485. The Morgan fingerprint density at radius 1 is 1.08 bits per heavy atom. The van der Waals surface area contributed by atoms with Gasteiger partial charge in [-0.2, -0.15) is 0 Å². The normalized spacial score (nSPS) is 11.8. The van der Waals surface area contributed by atoms with Gasteiger partial charge in [0.25, 0.3) is 0 Å². The Hall–Kier alpha value is -3.28. The summed E-state index contributed by atoms with van der Waals surface area (Å²) in [5, 5.41) is 14.8. The van der Waals surface area contributed by atoms with Crippen LogP contribution in [0, 0.1) is 6.92 Å². The SMILES string of the molecule is COc1ccc([C@@H](Nc2ccc3c(C)nccc3c2)C(=O)O)cc1OC. The second-order valence-electron chi connectivity index (χ2n) is 5.86. The van der Waals surface area contributed by atoms with Crippen molar-refractivity contribution in [2.24, 2.45) is 0 Å². The fourth-order valence-corrected chi connectivity index (χ4v) is 2.91. The van der Waals surface area contributed by atoms with Crippen molar-refractivity contribution in [2.45, 2.75) is 13.0 Å². The molecular formula is C20H20N2O4. The van der Waals surface area contributed by atoms with Crippen LogP contribution in [0.3, 0.4) is 0 Å². The van der Waals surface area contributed by atoms with Crippen LogP contribution >= 0.6 is 0 Å². The van der Waals surface area contributed by atoms with E-state index in [1.54, 1.807) is 24.4 Å². The number of methoxy groups -OCH3 is 2. The van der Waals surface area contributed by atoms with Crippen LogP contribution in [0.25, 0.3) is 10.8 Å². The van der Waals surface area contributed by atoms with Crippen LogP contribution in [0.2, 0.25) is 0 Å². The minimum atomic E-state index is -0.983. The Kier molecular flexibility index (Phi) is 4.93. The number of benzene rings is 2. The number of aliphatic carboxylic acids is 1. The number of anilines is 1. The summed E-state index contributed by atoms with van der Waals surface area (Å²) in [6.45, 7) is 1.94. The molecule has 0 fully saturated rings. The van der Waals surface area contributed by atoms with E-state index >= 15 is 0 Å². The average molecular weight is 352 g/mol. The number of carboxylic acids is 1. The maximum atomic E-state index is 11.8. The summed E-state index contributed by atoms with van der Waals surface area (Å²) >= 11 is 0. The number of carbonyl (C=O) groups is 1.